The van der Waals surface area contributed by atoms with Crippen LogP contribution in [0.15, 0.2) is 54.6 Å². The Bertz CT molecular complexity index is 566. The standard InChI is InChI=1S/C17H18O3S/c1-2-19-17(18)20-15-10-8-14(9-11-15)16(21)12-13-6-4-3-5-7-13/h3-11,16,21H,2,12H2,1H3. The maximum absolute atomic E-state index is 11.2. The van der Waals surface area contributed by atoms with Crippen LogP contribution >= 0.6 is 12.6 Å². The molecule has 0 saturated heterocycles. The van der Waals surface area contributed by atoms with Gasteiger partial charge in [0.2, 0.25) is 0 Å². The van der Waals surface area contributed by atoms with E-state index in [9.17, 15) is 4.79 Å². The van der Waals surface area contributed by atoms with Crippen LogP contribution in [0.4, 0.5) is 4.79 Å². The van der Waals surface area contributed by atoms with Crippen molar-refractivity contribution in [2.24, 2.45) is 0 Å². The van der Waals surface area contributed by atoms with Crippen LogP contribution in [-0.4, -0.2) is 12.8 Å². The van der Waals surface area contributed by atoms with Crippen molar-refractivity contribution < 1.29 is 14.3 Å². The van der Waals surface area contributed by atoms with Crippen LogP contribution in [0.5, 0.6) is 5.75 Å². The molecule has 0 saturated carbocycles. The lowest BCUT2D eigenvalue weighted by molar-refractivity contribution is 0.104. The van der Waals surface area contributed by atoms with E-state index >= 15 is 0 Å². The second-order valence-electron chi connectivity index (χ2n) is 4.56. The largest absolute Gasteiger partial charge is 0.513 e. The first-order valence-electron chi connectivity index (χ1n) is 6.85. The molecular formula is C17H18O3S. The van der Waals surface area contributed by atoms with Crippen LogP contribution in [-0.2, 0) is 11.2 Å². The quantitative estimate of drug-likeness (QED) is 0.504. The van der Waals surface area contributed by atoms with E-state index in [0.29, 0.717) is 12.4 Å². The Balaban J connectivity index is 1.96. The van der Waals surface area contributed by atoms with Gasteiger partial charge in [0, 0.05) is 5.25 Å². The molecule has 2 rings (SSSR count). The molecule has 4 heteroatoms. The van der Waals surface area contributed by atoms with E-state index in [2.05, 4.69) is 24.8 Å². The minimum Gasteiger partial charge on any atom is -0.434 e. The van der Waals surface area contributed by atoms with Gasteiger partial charge in [0.15, 0.2) is 0 Å². The third kappa shape index (κ3) is 4.83. The van der Waals surface area contributed by atoms with Crippen molar-refractivity contribution in [2.45, 2.75) is 18.6 Å². The minimum absolute atomic E-state index is 0.101. The molecule has 0 fully saturated rings. The molecule has 0 radical (unpaired) electrons. The van der Waals surface area contributed by atoms with E-state index in [4.69, 9.17) is 9.47 Å². The van der Waals surface area contributed by atoms with Gasteiger partial charge in [-0.1, -0.05) is 42.5 Å². The van der Waals surface area contributed by atoms with Crippen LogP contribution in [0, 0.1) is 0 Å². The molecule has 0 heterocycles. The fourth-order valence-electron chi connectivity index (χ4n) is 1.96. The topological polar surface area (TPSA) is 35.5 Å². The highest BCUT2D eigenvalue weighted by Crippen LogP contribution is 2.26. The average Bonchev–Trinajstić information content (AvgIpc) is 2.49. The molecule has 0 spiro atoms. The highest BCUT2D eigenvalue weighted by atomic mass is 32.1. The Hall–Kier alpha value is -1.94. The Labute approximate surface area is 130 Å². The second-order valence-corrected chi connectivity index (χ2v) is 5.18. The first-order valence-corrected chi connectivity index (χ1v) is 7.37. The normalized spacial score (nSPS) is 11.7. The summed E-state index contributed by atoms with van der Waals surface area (Å²) in [5.41, 5.74) is 2.32. The summed E-state index contributed by atoms with van der Waals surface area (Å²) < 4.78 is 9.75. The number of hydrogen-bond acceptors (Lipinski definition) is 4. The molecule has 1 unspecified atom stereocenters. The van der Waals surface area contributed by atoms with Crippen molar-refractivity contribution in [3.8, 4) is 5.75 Å². The number of thiol groups is 1. The lowest BCUT2D eigenvalue weighted by atomic mass is 10.0. The molecule has 2 aromatic rings. The van der Waals surface area contributed by atoms with Crippen molar-refractivity contribution in [3.63, 3.8) is 0 Å². The van der Waals surface area contributed by atoms with E-state index in [1.165, 1.54) is 5.56 Å². The van der Waals surface area contributed by atoms with Crippen molar-refractivity contribution in [3.05, 3.63) is 65.7 Å². The Morgan fingerprint density at radius 2 is 1.76 bits per heavy atom. The summed E-state index contributed by atoms with van der Waals surface area (Å²) >= 11 is 4.64. The lowest BCUT2D eigenvalue weighted by Crippen LogP contribution is -2.10. The molecule has 0 aliphatic heterocycles. The van der Waals surface area contributed by atoms with Crippen molar-refractivity contribution in [1.29, 1.82) is 0 Å². The predicted molar refractivity (Wildman–Crippen MR) is 86.0 cm³/mol. The molecule has 0 N–H and O–H groups in total. The monoisotopic (exact) mass is 302 g/mol. The summed E-state index contributed by atoms with van der Waals surface area (Å²) in [5, 5.41) is 0.101. The number of ether oxygens (including phenoxy) is 2. The Morgan fingerprint density at radius 1 is 1.10 bits per heavy atom. The number of carbonyl (C=O) groups is 1. The second kappa shape index (κ2) is 7.74. The van der Waals surface area contributed by atoms with Gasteiger partial charge in [-0.25, -0.2) is 4.79 Å². The molecule has 0 amide bonds. The number of benzene rings is 2. The predicted octanol–water partition coefficient (Wildman–Crippen LogP) is 4.44. The van der Waals surface area contributed by atoms with Crippen LogP contribution < -0.4 is 4.74 Å². The average molecular weight is 302 g/mol. The Kier molecular flexibility index (Phi) is 5.69. The summed E-state index contributed by atoms with van der Waals surface area (Å²) in [5.74, 6) is 0.470. The zero-order valence-electron chi connectivity index (χ0n) is 11.9. The number of hydrogen-bond donors (Lipinski definition) is 1. The molecule has 3 nitrogen and oxygen atoms in total. The highest BCUT2D eigenvalue weighted by molar-refractivity contribution is 7.80. The zero-order valence-corrected chi connectivity index (χ0v) is 12.8. The third-order valence-electron chi connectivity index (χ3n) is 3.00. The molecule has 110 valence electrons. The lowest BCUT2D eigenvalue weighted by Gasteiger charge is -2.12. The van der Waals surface area contributed by atoms with Crippen LogP contribution in [0.25, 0.3) is 0 Å². The van der Waals surface area contributed by atoms with E-state index < -0.39 is 6.16 Å². The molecule has 0 bridgehead atoms. The fourth-order valence-corrected chi connectivity index (χ4v) is 2.34. The number of carbonyl (C=O) groups excluding carboxylic acids is 1. The summed E-state index contributed by atoms with van der Waals surface area (Å²) in [6.45, 7) is 2.03. The molecule has 21 heavy (non-hydrogen) atoms. The van der Waals surface area contributed by atoms with Crippen LogP contribution in [0.2, 0.25) is 0 Å². The number of rotatable bonds is 5. The first-order chi connectivity index (χ1) is 10.2. The van der Waals surface area contributed by atoms with Crippen molar-refractivity contribution >= 4 is 18.8 Å². The minimum atomic E-state index is -0.683. The SMILES string of the molecule is CCOC(=O)Oc1ccc(C(S)Cc2ccccc2)cc1. The molecule has 0 aliphatic carbocycles. The summed E-state index contributed by atoms with van der Waals surface area (Å²) in [6.07, 6.45) is 0.166. The van der Waals surface area contributed by atoms with Gasteiger partial charge in [-0.2, -0.15) is 12.6 Å². The van der Waals surface area contributed by atoms with Gasteiger partial charge >= 0.3 is 6.16 Å². The van der Waals surface area contributed by atoms with E-state index in [1.807, 2.05) is 30.3 Å². The summed E-state index contributed by atoms with van der Waals surface area (Å²) in [7, 11) is 0. The highest BCUT2D eigenvalue weighted by Gasteiger charge is 2.09. The van der Waals surface area contributed by atoms with E-state index in [1.54, 1.807) is 19.1 Å². The van der Waals surface area contributed by atoms with Crippen molar-refractivity contribution in [1.82, 2.24) is 0 Å². The van der Waals surface area contributed by atoms with Gasteiger partial charge in [-0.05, 0) is 36.6 Å². The zero-order chi connectivity index (χ0) is 15.1. The molecule has 0 aromatic heterocycles. The van der Waals surface area contributed by atoms with Crippen molar-refractivity contribution in [2.75, 3.05) is 6.61 Å². The Morgan fingerprint density at radius 3 is 2.38 bits per heavy atom. The fraction of sp³-hybridized carbons (Fsp3) is 0.235. The summed E-state index contributed by atoms with van der Waals surface area (Å²) in [6, 6.07) is 17.5. The maximum Gasteiger partial charge on any atom is 0.513 e. The summed E-state index contributed by atoms with van der Waals surface area (Å²) in [4.78, 5) is 11.2. The smallest absolute Gasteiger partial charge is 0.434 e. The maximum atomic E-state index is 11.2. The molecular weight excluding hydrogens is 284 g/mol. The third-order valence-corrected chi connectivity index (χ3v) is 3.48. The van der Waals surface area contributed by atoms with Crippen LogP contribution in [0.1, 0.15) is 23.3 Å². The molecule has 0 aliphatic rings. The molecule has 2 aromatic carbocycles. The molecule has 1 atom stereocenters. The van der Waals surface area contributed by atoms with Crippen LogP contribution in [0.3, 0.4) is 0 Å². The van der Waals surface area contributed by atoms with Gasteiger partial charge in [0.1, 0.15) is 5.75 Å². The van der Waals surface area contributed by atoms with Gasteiger partial charge in [-0.15, -0.1) is 0 Å². The van der Waals surface area contributed by atoms with Gasteiger partial charge in [-0.3, -0.25) is 0 Å². The van der Waals surface area contributed by atoms with Gasteiger partial charge in [0.25, 0.3) is 0 Å². The van der Waals surface area contributed by atoms with E-state index in [0.717, 1.165) is 12.0 Å². The van der Waals surface area contributed by atoms with Gasteiger partial charge in [0.05, 0.1) is 6.61 Å². The van der Waals surface area contributed by atoms with E-state index in [-0.39, 0.29) is 5.25 Å². The van der Waals surface area contributed by atoms with Gasteiger partial charge < -0.3 is 9.47 Å². The first kappa shape index (κ1) is 15.4.